The van der Waals surface area contributed by atoms with Crippen LogP contribution in [-0.2, 0) is 6.42 Å². The Bertz CT molecular complexity index is 473. The molecule has 3 heteroatoms. The van der Waals surface area contributed by atoms with Crippen molar-refractivity contribution in [3.8, 4) is 0 Å². The highest BCUT2D eigenvalue weighted by Gasteiger charge is 2.11. The van der Waals surface area contributed by atoms with Crippen LogP contribution in [0.2, 0.25) is 0 Å². The smallest absolute Gasteiger partial charge is 0.123 e. The number of halogens is 1. The molecular weight excluding hydrogens is 245 g/mol. The first-order valence-corrected chi connectivity index (χ1v) is 7.04. The molecule has 1 heterocycles. The summed E-state index contributed by atoms with van der Waals surface area (Å²) in [7, 11) is 1.93. The van der Waals surface area contributed by atoms with Crippen LogP contribution in [0.15, 0.2) is 35.7 Å². The number of benzene rings is 1. The predicted molar refractivity (Wildman–Crippen MR) is 75.6 cm³/mol. The molecule has 0 spiro atoms. The number of thiophene rings is 1. The molecule has 1 unspecified atom stereocenters. The minimum absolute atomic E-state index is 0.152. The van der Waals surface area contributed by atoms with Gasteiger partial charge in [0.2, 0.25) is 0 Å². The molecule has 1 nitrogen and oxygen atoms in total. The monoisotopic (exact) mass is 263 g/mol. The van der Waals surface area contributed by atoms with Crippen LogP contribution in [0.4, 0.5) is 4.39 Å². The molecule has 2 aromatic rings. The maximum atomic E-state index is 13.4. The van der Waals surface area contributed by atoms with E-state index in [1.54, 1.807) is 23.5 Å². The van der Waals surface area contributed by atoms with Gasteiger partial charge < -0.3 is 5.32 Å². The second kappa shape index (κ2) is 6.12. The molecule has 0 saturated heterocycles. The van der Waals surface area contributed by atoms with Crippen LogP contribution in [0.3, 0.4) is 0 Å². The van der Waals surface area contributed by atoms with E-state index in [-0.39, 0.29) is 11.9 Å². The highest BCUT2D eigenvalue weighted by atomic mass is 32.1. The van der Waals surface area contributed by atoms with Gasteiger partial charge in [0.1, 0.15) is 5.82 Å². The van der Waals surface area contributed by atoms with Crippen LogP contribution in [0.5, 0.6) is 0 Å². The van der Waals surface area contributed by atoms with Gasteiger partial charge in [0.25, 0.3) is 0 Å². The van der Waals surface area contributed by atoms with Crippen LogP contribution in [0, 0.1) is 12.7 Å². The van der Waals surface area contributed by atoms with Gasteiger partial charge in [-0.05, 0) is 61.5 Å². The van der Waals surface area contributed by atoms with E-state index < -0.39 is 0 Å². The molecule has 96 valence electrons. The maximum Gasteiger partial charge on any atom is 0.123 e. The van der Waals surface area contributed by atoms with Gasteiger partial charge in [-0.15, -0.1) is 11.3 Å². The van der Waals surface area contributed by atoms with Gasteiger partial charge >= 0.3 is 0 Å². The molecule has 0 aliphatic carbocycles. The molecular formula is C15H18FNS. The summed E-state index contributed by atoms with van der Waals surface area (Å²) in [5, 5.41) is 5.37. The zero-order valence-corrected chi connectivity index (χ0v) is 11.6. The van der Waals surface area contributed by atoms with E-state index in [2.05, 4.69) is 28.9 Å². The summed E-state index contributed by atoms with van der Waals surface area (Å²) in [6, 6.07) is 9.67. The van der Waals surface area contributed by atoms with E-state index in [4.69, 9.17) is 0 Å². The fraction of sp³-hybridized carbons (Fsp3) is 0.333. The van der Waals surface area contributed by atoms with Crippen molar-refractivity contribution in [1.29, 1.82) is 0 Å². The third kappa shape index (κ3) is 3.40. The lowest BCUT2D eigenvalue weighted by Crippen LogP contribution is -2.17. The topological polar surface area (TPSA) is 12.0 Å². The molecule has 1 N–H and O–H groups in total. The number of nitrogens with one attached hydrogen (secondary N) is 1. The SMILES string of the molecule is CNC(CCc1cccs1)c1cc(C)cc(F)c1. The Kier molecular flexibility index (Phi) is 4.50. The molecule has 0 saturated carbocycles. The van der Waals surface area contributed by atoms with Crippen molar-refractivity contribution < 1.29 is 4.39 Å². The van der Waals surface area contributed by atoms with Crippen molar-refractivity contribution in [2.75, 3.05) is 7.05 Å². The molecule has 0 fully saturated rings. The Morgan fingerprint density at radius 2 is 2.17 bits per heavy atom. The molecule has 0 amide bonds. The van der Waals surface area contributed by atoms with Crippen molar-refractivity contribution >= 4 is 11.3 Å². The van der Waals surface area contributed by atoms with Crippen molar-refractivity contribution in [2.45, 2.75) is 25.8 Å². The predicted octanol–water partition coefficient (Wildman–Crippen LogP) is 4.09. The fourth-order valence-electron chi connectivity index (χ4n) is 2.18. The van der Waals surface area contributed by atoms with Crippen molar-refractivity contribution in [3.05, 3.63) is 57.5 Å². The van der Waals surface area contributed by atoms with E-state index in [0.29, 0.717) is 0 Å². The summed E-state index contributed by atoms with van der Waals surface area (Å²) in [5.74, 6) is -0.152. The normalized spacial score (nSPS) is 12.6. The Morgan fingerprint density at radius 1 is 1.33 bits per heavy atom. The van der Waals surface area contributed by atoms with Crippen LogP contribution < -0.4 is 5.32 Å². The lowest BCUT2D eigenvalue weighted by atomic mass is 10.00. The molecule has 18 heavy (non-hydrogen) atoms. The first-order chi connectivity index (χ1) is 8.69. The lowest BCUT2D eigenvalue weighted by Gasteiger charge is -2.17. The van der Waals surface area contributed by atoms with Gasteiger partial charge in [-0.25, -0.2) is 4.39 Å². The van der Waals surface area contributed by atoms with E-state index in [1.807, 2.05) is 14.0 Å². The summed E-state index contributed by atoms with van der Waals surface area (Å²) < 4.78 is 13.4. The van der Waals surface area contributed by atoms with Crippen LogP contribution in [-0.4, -0.2) is 7.05 Å². The molecule has 1 aromatic heterocycles. The van der Waals surface area contributed by atoms with Crippen molar-refractivity contribution in [1.82, 2.24) is 5.32 Å². The molecule has 0 aliphatic rings. The lowest BCUT2D eigenvalue weighted by molar-refractivity contribution is 0.543. The zero-order valence-electron chi connectivity index (χ0n) is 10.7. The van der Waals surface area contributed by atoms with Crippen molar-refractivity contribution in [2.24, 2.45) is 0 Å². The third-order valence-corrected chi connectivity index (χ3v) is 4.01. The van der Waals surface area contributed by atoms with Gasteiger partial charge in [0.15, 0.2) is 0 Å². The summed E-state index contributed by atoms with van der Waals surface area (Å²) in [5.41, 5.74) is 2.01. The Hall–Kier alpha value is -1.19. The quantitative estimate of drug-likeness (QED) is 0.856. The average molecular weight is 263 g/mol. The first-order valence-electron chi connectivity index (χ1n) is 6.16. The van der Waals surface area contributed by atoms with Gasteiger partial charge in [0.05, 0.1) is 0 Å². The molecule has 1 aromatic carbocycles. The second-order valence-electron chi connectivity index (χ2n) is 4.52. The summed E-state index contributed by atoms with van der Waals surface area (Å²) in [6.07, 6.45) is 2.01. The van der Waals surface area contributed by atoms with Gasteiger partial charge in [-0.1, -0.05) is 12.1 Å². The number of aryl methyl sites for hydroxylation is 2. The van der Waals surface area contributed by atoms with Gasteiger partial charge in [-0.2, -0.15) is 0 Å². The Labute approximate surface area is 112 Å². The minimum atomic E-state index is -0.152. The zero-order chi connectivity index (χ0) is 13.0. The number of hydrogen-bond donors (Lipinski definition) is 1. The highest BCUT2D eigenvalue weighted by molar-refractivity contribution is 7.09. The molecule has 1 atom stereocenters. The molecule has 0 radical (unpaired) electrons. The van der Waals surface area contributed by atoms with Crippen molar-refractivity contribution in [3.63, 3.8) is 0 Å². The average Bonchev–Trinajstić information content (AvgIpc) is 2.81. The maximum absolute atomic E-state index is 13.4. The van der Waals surface area contributed by atoms with Gasteiger partial charge in [-0.3, -0.25) is 0 Å². The van der Waals surface area contributed by atoms with Gasteiger partial charge in [0, 0.05) is 10.9 Å². The molecule has 2 rings (SSSR count). The highest BCUT2D eigenvalue weighted by Crippen LogP contribution is 2.22. The van der Waals surface area contributed by atoms with Crippen LogP contribution in [0.25, 0.3) is 0 Å². The summed E-state index contributed by atoms with van der Waals surface area (Å²) >= 11 is 1.78. The van der Waals surface area contributed by atoms with E-state index in [9.17, 15) is 4.39 Å². The number of rotatable bonds is 5. The summed E-state index contributed by atoms with van der Waals surface area (Å²) in [6.45, 7) is 1.93. The summed E-state index contributed by atoms with van der Waals surface area (Å²) in [4.78, 5) is 1.38. The van der Waals surface area contributed by atoms with Crippen LogP contribution >= 0.6 is 11.3 Å². The van der Waals surface area contributed by atoms with Crippen LogP contribution in [0.1, 0.15) is 28.5 Å². The third-order valence-electron chi connectivity index (χ3n) is 3.07. The Balaban J connectivity index is 2.07. The van der Waals surface area contributed by atoms with E-state index in [0.717, 1.165) is 24.0 Å². The largest absolute Gasteiger partial charge is 0.313 e. The standard InChI is InChI=1S/C15H18FNS/c1-11-8-12(10-13(16)9-11)15(17-2)6-5-14-4-3-7-18-14/h3-4,7-10,15,17H,5-6H2,1-2H3. The minimum Gasteiger partial charge on any atom is -0.313 e. The Morgan fingerprint density at radius 3 is 2.78 bits per heavy atom. The fourth-order valence-corrected chi connectivity index (χ4v) is 2.91. The molecule has 0 aliphatic heterocycles. The second-order valence-corrected chi connectivity index (χ2v) is 5.55. The molecule has 0 bridgehead atoms. The number of hydrogen-bond acceptors (Lipinski definition) is 2. The first kappa shape index (κ1) is 13.2. The van der Waals surface area contributed by atoms with E-state index >= 15 is 0 Å². The van der Waals surface area contributed by atoms with E-state index in [1.165, 1.54) is 4.88 Å².